The predicted molar refractivity (Wildman–Crippen MR) is 135 cm³/mol. The van der Waals surface area contributed by atoms with Crippen LogP contribution in [0.15, 0.2) is 73.2 Å². The van der Waals surface area contributed by atoms with E-state index in [0.717, 1.165) is 33.2 Å². The number of hydrogen-bond donors (Lipinski definition) is 2. The number of fused-ring (bicyclic) bond motifs is 3. The molecule has 6 aromatic rings. The van der Waals surface area contributed by atoms with Crippen LogP contribution < -0.4 is 0 Å². The zero-order chi connectivity index (χ0) is 24.8. The van der Waals surface area contributed by atoms with Crippen molar-refractivity contribution in [2.24, 2.45) is 7.05 Å². The molecule has 1 atom stereocenters. The Kier molecular flexibility index (Phi) is 5.45. The van der Waals surface area contributed by atoms with Crippen molar-refractivity contribution < 1.29 is 10.2 Å². The third kappa shape index (κ3) is 3.70. The van der Waals surface area contributed by atoms with Crippen molar-refractivity contribution in [1.82, 2.24) is 34.6 Å². The second-order valence-electron chi connectivity index (χ2n) is 8.51. The lowest BCUT2D eigenvalue weighted by atomic mass is 9.92. The van der Waals surface area contributed by atoms with Gasteiger partial charge in [-0.05, 0) is 63.0 Å². The molecule has 0 aliphatic rings. The second-order valence-corrected chi connectivity index (χ2v) is 8.94. The minimum atomic E-state index is -0.913. The Morgan fingerprint density at radius 3 is 2.69 bits per heavy atom. The van der Waals surface area contributed by atoms with Crippen LogP contribution in [0, 0.1) is 0 Å². The van der Waals surface area contributed by atoms with E-state index >= 15 is 0 Å². The Bertz CT molecular complexity index is 1740. The average Bonchev–Trinajstić information content (AvgIpc) is 3.56. The molecule has 1 unspecified atom stereocenters. The molecule has 0 amide bonds. The van der Waals surface area contributed by atoms with Gasteiger partial charge in [0.05, 0.1) is 36.0 Å². The standard InChI is InChI=1S/C26H20ClN7O2/c1-33-14-28-12-23(33)25(36)19-7-5-15(13-35)9-20(19)16-6-8-22-21(11-16)24(17-3-2-4-18(27)10-17)29-26-30-31-32-34(22)26/h2-12,14,25,35-36H,13H2,1H3. The van der Waals surface area contributed by atoms with Crippen molar-refractivity contribution in [3.05, 3.63) is 95.0 Å². The van der Waals surface area contributed by atoms with Crippen LogP contribution in [0.2, 0.25) is 5.02 Å². The van der Waals surface area contributed by atoms with E-state index in [2.05, 4.69) is 20.5 Å². The number of aromatic nitrogens is 7. The first kappa shape index (κ1) is 22.3. The molecule has 0 radical (unpaired) electrons. The van der Waals surface area contributed by atoms with Gasteiger partial charge in [0.2, 0.25) is 0 Å². The van der Waals surface area contributed by atoms with Crippen LogP contribution in [-0.2, 0) is 13.7 Å². The number of aliphatic hydroxyl groups is 2. The lowest BCUT2D eigenvalue weighted by Crippen LogP contribution is -2.07. The van der Waals surface area contributed by atoms with E-state index in [4.69, 9.17) is 16.6 Å². The number of rotatable bonds is 5. The van der Waals surface area contributed by atoms with Gasteiger partial charge in [0.1, 0.15) is 6.10 Å². The minimum absolute atomic E-state index is 0.122. The summed E-state index contributed by atoms with van der Waals surface area (Å²) in [5, 5.41) is 34.4. The number of tetrazole rings is 1. The Morgan fingerprint density at radius 2 is 1.92 bits per heavy atom. The van der Waals surface area contributed by atoms with Gasteiger partial charge in [-0.25, -0.2) is 9.97 Å². The van der Waals surface area contributed by atoms with Crippen molar-refractivity contribution in [1.29, 1.82) is 0 Å². The molecule has 0 saturated carbocycles. The fourth-order valence-corrected chi connectivity index (χ4v) is 4.67. The smallest absolute Gasteiger partial charge is 0.274 e. The normalized spacial score (nSPS) is 12.4. The molecule has 9 nitrogen and oxygen atoms in total. The fraction of sp³-hybridized carbons (Fsp3) is 0.115. The molecule has 178 valence electrons. The van der Waals surface area contributed by atoms with E-state index in [1.807, 2.05) is 67.7 Å². The van der Waals surface area contributed by atoms with Crippen LogP contribution >= 0.6 is 11.6 Å². The summed E-state index contributed by atoms with van der Waals surface area (Å²) in [5.41, 5.74) is 5.99. The van der Waals surface area contributed by atoms with Crippen molar-refractivity contribution >= 4 is 28.3 Å². The van der Waals surface area contributed by atoms with E-state index < -0.39 is 6.10 Å². The fourth-order valence-electron chi connectivity index (χ4n) is 4.48. The van der Waals surface area contributed by atoms with Crippen LogP contribution in [0.5, 0.6) is 0 Å². The van der Waals surface area contributed by atoms with Crippen molar-refractivity contribution in [3.63, 3.8) is 0 Å². The lowest BCUT2D eigenvalue weighted by molar-refractivity contribution is 0.212. The molecule has 0 bridgehead atoms. The Balaban J connectivity index is 1.61. The molecule has 3 aromatic heterocycles. The van der Waals surface area contributed by atoms with Gasteiger partial charge in [-0.15, -0.1) is 0 Å². The van der Waals surface area contributed by atoms with Gasteiger partial charge in [0.15, 0.2) is 0 Å². The highest BCUT2D eigenvalue weighted by Crippen LogP contribution is 2.36. The third-order valence-corrected chi connectivity index (χ3v) is 6.52. The number of hydrogen-bond acceptors (Lipinski definition) is 7. The predicted octanol–water partition coefficient (Wildman–Crippen LogP) is 3.97. The SMILES string of the molecule is Cn1cncc1C(O)c1ccc(CO)cc1-c1ccc2c(c1)c(-c1cccc(Cl)c1)nc1nnnn12. The first-order chi connectivity index (χ1) is 17.5. The van der Waals surface area contributed by atoms with Crippen molar-refractivity contribution in [2.45, 2.75) is 12.7 Å². The van der Waals surface area contributed by atoms with Gasteiger partial charge in [-0.2, -0.15) is 4.52 Å². The number of aryl methyl sites for hydroxylation is 1. The van der Waals surface area contributed by atoms with E-state index in [-0.39, 0.29) is 6.61 Å². The number of benzene rings is 3. The van der Waals surface area contributed by atoms with Crippen LogP contribution in [0.25, 0.3) is 39.1 Å². The first-order valence-corrected chi connectivity index (χ1v) is 11.6. The van der Waals surface area contributed by atoms with Crippen molar-refractivity contribution in [3.8, 4) is 22.4 Å². The van der Waals surface area contributed by atoms with Crippen LogP contribution in [0.4, 0.5) is 0 Å². The second kappa shape index (κ2) is 8.80. The minimum Gasteiger partial charge on any atom is -0.392 e. The Morgan fingerprint density at radius 1 is 1.03 bits per heavy atom. The van der Waals surface area contributed by atoms with Gasteiger partial charge < -0.3 is 14.8 Å². The van der Waals surface area contributed by atoms with Gasteiger partial charge in [-0.1, -0.05) is 47.0 Å². The summed E-state index contributed by atoms with van der Waals surface area (Å²) in [6.45, 7) is -0.122. The number of halogens is 1. The van der Waals surface area contributed by atoms with Crippen LogP contribution in [0.3, 0.4) is 0 Å². The molecule has 0 aliphatic carbocycles. The van der Waals surface area contributed by atoms with E-state index in [9.17, 15) is 10.2 Å². The van der Waals surface area contributed by atoms with Gasteiger partial charge >= 0.3 is 0 Å². The molecule has 0 aliphatic heterocycles. The summed E-state index contributed by atoms with van der Waals surface area (Å²) in [6, 6.07) is 18.9. The topological polar surface area (TPSA) is 114 Å². The third-order valence-electron chi connectivity index (χ3n) is 6.28. The van der Waals surface area contributed by atoms with Gasteiger partial charge in [0, 0.05) is 23.0 Å². The van der Waals surface area contributed by atoms with Crippen LogP contribution in [-0.4, -0.2) is 44.8 Å². The lowest BCUT2D eigenvalue weighted by Gasteiger charge is -2.18. The van der Waals surface area contributed by atoms with E-state index in [1.54, 1.807) is 21.6 Å². The zero-order valence-corrected chi connectivity index (χ0v) is 19.9. The Labute approximate surface area is 210 Å². The molecular weight excluding hydrogens is 478 g/mol. The maximum atomic E-state index is 11.3. The van der Waals surface area contributed by atoms with Gasteiger partial charge in [0.25, 0.3) is 5.78 Å². The van der Waals surface area contributed by atoms with E-state index in [0.29, 0.717) is 27.8 Å². The summed E-state index contributed by atoms with van der Waals surface area (Å²) in [6.07, 6.45) is 2.38. The Hall–Kier alpha value is -4.18. The largest absolute Gasteiger partial charge is 0.392 e. The zero-order valence-electron chi connectivity index (χ0n) is 19.1. The number of imidazole rings is 1. The highest BCUT2D eigenvalue weighted by molar-refractivity contribution is 6.30. The highest BCUT2D eigenvalue weighted by atomic mass is 35.5. The molecule has 0 fully saturated rings. The summed E-state index contributed by atoms with van der Waals surface area (Å²) >= 11 is 6.29. The quantitative estimate of drug-likeness (QED) is 0.370. The summed E-state index contributed by atoms with van der Waals surface area (Å²) < 4.78 is 3.37. The maximum Gasteiger partial charge on any atom is 0.274 e. The molecule has 3 heterocycles. The molecule has 0 saturated heterocycles. The highest BCUT2D eigenvalue weighted by Gasteiger charge is 2.20. The molecule has 3 aromatic carbocycles. The molecule has 36 heavy (non-hydrogen) atoms. The summed E-state index contributed by atoms with van der Waals surface area (Å²) in [5.74, 6) is 0.375. The first-order valence-electron chi connectivity index (χ1n) is 11.2. The molecule has 2 N–H and O–H groups in total. The van der Waals surface area contributed by atoms with Gasteiger partial charge in [-0.3, -0.25) is 0 Å². The van der Waals surface area contributed by atoms with Crippen LogP contribution in [0.1, 0.15) is 22.9 Å². The summed E-state index contributed by atoms with van der Waals surface area (Å²) in [4.78, 5) is 8.86. The number of aliphatic hydroxyl groups excluding tert-OH is 2. The molecular formula is C26H20ClN7O2. The van der Waals surface area contributed by atoms with E-state index in [1.165, 1.54) is 0 Å². The summed E-state index contributed by atoms with van der Waals surface area (Å²) in [7, 11) is 1.84. The molecule has 10 heteroatoms. The van der Waals surface area contributed by atoms with Crippen molar-refractivity contribution in [2.75, 3.05) is 0 Å². The molecule has 6 rings (SSSR count). The maximum absolute atomic E-state index is 11.3. The molecule has 0 spiro atoms. The average molecular weight is 498 g/mol. The monoisotopic (exact) mass is 497 g/mol. The number of nitrogens with zero attached hydrogens (tertiary/aromatic N) is 7.